The number of carbonyl (C=O) groups excluding carboxylic acids is 2. The highest BCUT2D eigenvalue weighted by atomic mass is 16.5. The summed E-state index contributed by atoms with van der Waals surface area (Å²) in [6.45, 7) is 3.82. The van der Waals surface area contributed by atoms with Crippen LogP contribution in [0.5, 0.6) is 5.75 Å². The maximum absolute atomic E-state index is 12.5. The van der Waals surface area contributed by atoms with Gasteiger partial charge in [-0.2, -0.15) is 0 Å². The highest BCUT2D eigenvalue weighted by molar-refractivity contribution is 6.06. The molecular weight excluding hydrogens is 318 g/mol. The van der Waals surface area contributed by atoms with Gasteiger partial charge >= 0.3 is 0 Å². The number of hydrogen-bond acceptors (Lipinski definition) is 3. The van der Waals surface area contributed by atoms with Gasteiger partial charge in [0.1, 0.15) is 5.75 Å². The molecule has 1 aromatic heterocycles. The number of hydrogen-bond donors (Lipinski definition) is 3. The van der Waals surface area contributed by atoms with Crippen LogP contribution in [-0.4, -0.2) is 23.4 Å². The largest absolute Gasteiger partial charge is 0.484 e. The van der Waals surface area contributed by atoms with Crippen LogP contribution in [0.2, 0.25) is 0 Å². The van der Waals surface area contributed by atoms with E-state index in [4.69, 9.17) is 10.5 Å². The van der Waals surface area contributed by atoms with E-state index < -0.39 is 5.91 Å². The van der Waals surface area contributed by atoms with Gasteiger partial charge in [-0.25, -0.2) is 0 Å². The molecular formula is C19H19N3O3. The minimum absolute atomic E-state index is 0.208. The highest BCUT2D eigenvalue weighted by Gasteiger charge is 2.11. The summed E-state index contributed by atoms with van der Waals surface area (Å²) in [5.41, 5.74) is 9.43. The maximum atomic E-state index is 12.5. The van der Waals surface area contributed by atoms with Gasteiger partial charge in [0.05, 0.1) is 0 Å². The molecule has 0 radical (unpaired) electrons. The number of anilines is 1. The SMILES string of the molecule is Cc1[nH]c2ccc(C(=O)Nc3cccc(OCC(N)=O)c3)cc2c1C. The molecule has 0 spiro atoms. The topological polar surface area (TPSA) is 97.2 Å². The van der Waals surface area contributed by atoms with E-state index in [9.17, 15) is 9.59 Å². The number of H-pyrrole nitrogens is 1. The third-order valence-electron chi connectivity index (χ3n) is 4.04. The Labute approximate surface area is 145 Å². The first-order valence-electron chi connectivity index (χ1n) is 7.85. The van der Waals surface area contributed by atoms with Crippen LogP contribution in [0.4, 0.5) is 5.69 Å². The van der Waals surface area contributed by atoms with Crippen molar-refractivity contribution >= 4 is 28.4 Å². The summed E-state index contributed by atoms with van der Waals surface area (Å²) in [6.07, 6.45) is 0. The van der Waals surface area contributed by atoms with Crippen LogP contribution in [0.15, 0.2) is 42.5 Å². The van der Waals surface area contributed by atoms with E-state index >= 15 is 0 Å². The van der Waals surface area contributed by atoms with Crippen LogP contribution in [0, 0.1) is 13.8 Å². The van der Waals surface area contributed by atoms with Gasteiger partial charge in [0.2, 0.25) is 0 Å². The van der Waals surface area contributed by atoms with Gasteiger partial charge in [-0.3, -0.25) is 9.59 Å². The minimum atomic E-state index is -0.556. The van der Waals surface area contributed by atoms with Crippen molar-refractivity contribution in [3.05, 3.63) is 59.3 Å². The van der Waals surface area contributed by atoms with Crippen LogP contribution < -0.4 is 15.8 Å². The molecule has 0 fully saturated rings. The van der Waals surface area contributed by atoms with E-state index in [-0.39, 0.29) is 12.5 Å². The molecule has 0 atom stereocenters. The lowest BCUT2D eigenvalue weighted by molar-refractivity contribution is -0.119. The number of nitrogens with one attached hydrogen (secondary N) is 2. The second-order valence-electron chi connectivity index (χ2n) is 5.87. The molecule has 1 heterocycles. The predicted octanol–water partition coefficient (Wildman–Crippen LogP) is 2.90. The number of aromatic nitrogens is 1. The predicted molar refractivity (Wildman–Crippen MR) is 96.9 cm³/mol. The van der Waals surface area contributed by atoms with Gasteiger partial charge in [0.15, 0.2) is 6.61 Å². The number of carbonyl (C=O) groups is 2. The molecule has 0 bridgehead atoms. The molecule has 6 heteroatoms. The third-order valence-corrected chi connectivity index (χ3v) is 4.04. The summed E-state index contributed by atoms with van der Waals surface area (Å²) >= 11 is 0. The molecule has 3 rings (SSSR count). The average molecular weight is 337 g/mol. The van der Waals surface area contributed by atoms with Gasteiger partial charge in [0, 0.05) is 33.9 Å². The zero-order chi connectivity index (χ0) is 18.0. The standard InChI is InChI=1S/C19H19N3O3/c1-11-12(2)21-17-7-6-13(8-16(11)17)19(24)22-14-4-3-5-15(9-14)25-10-18(20)23/h3-9,21H,10H2,1-2H3,(H2,20,23)(H,22,24). The quantitative estimate of drug-likeness (QED) is 0.668. The van der Waals surface area contributed by atoms with Crippen molar-refractivity contribution in [3.63, 3.8) is 0 Å². The summed E-state index contributed by atoms with van der Waals surface area (Å²) in [4.78, 5) is 26.6. The summed E-state index contributed by atoms with van der Waals surface area (Å²) in [6, 6.07) is 12.4. The van der Waals surface area contributed by atoms with Gasteiger partial charge in [-0.05, 0) is 49.7 Å². The minimum Gasteiger partial charge on any atom is -0.484 e. The molecule has 0 aliphatic carbocycles. The lowest BCUT2D eigenvalue weighted by atomic mass is 10.1. The summed E-state index contributed by atoms with van der Waals surface area (Å²) in [7, 11) is 0. The first kappa shape index (κ1) is 16.6. The number of ether oxygens (including phenoxy) is 1. The van der Waals surface area contributed by atoms with Gasteiger partial charge in [-0.15, -0.1) is 0 Å². The molecule has 0 saturated carbocycles. The van der Waals surface area contributed by atoms with Crippen LogP contribution in [0.1, 0.15) is 21.6 Å². The van der Waals surface area contributed by atoms with Crippen LogP contribution in [0.25, 0.3) is 10.9 Å². The fraction of sp³-hybridized carbons (Fsp3) is 0.158. The third kappa shape index (κ3) is 3.63. The molecule has 0 saturated heterocycles. The molecule has 4 N–H and O–H groups in total. The Kier molecular flexibility index (Phi) is 4.43. The molecule has 2 amide bonds. The van der Waals surface area contributed by atoms with Crippen molar-refractivity contribution in [3.8, 4) is 5.75 Å². The Morgan fingerprint density at radius 3 is 2.72 bits per heavy atom. The molecule has 128 valence electrons. The first-order chi connectivity index (χ1) is 11.9. The zero-order valence-corrected chi connectivity index (χ0v) is 14.1. The number of amides is 2. The van der Waals surface area contributed by atoms with Crippen molar-refractivity contribution in [1.29, 1.82) is 0 Å². The summed E-state index contributed by atoms with van der Waals surface area (Å²) in [5.74, 6) is -0.309. The lowest BCUT2D eigenvalue weighted by Crippen LogP contribution is -2.20. The molecule has 0 aliphatic heterocycles. The van der Waals surface area contributed by atoms with E-state index in [1.54, 1.807) is 30.3 Å². The number of primary amides is 1. The Bertz CT molecular complexity index is 960. The van der Waals surface area contributed by atoms with Crippen molar-refractivity contribution in [2.75, 3.05) is 11.9 Å². The number of aryl methyl sites for hydroxylation is 2. The zero-order valence-electron chi connectivity index (χ0n) is 14.1. The Balaban J connectivity index is 1.79. The van der Waals surface area contributed by atoms with E-state index in [0.29, 0.717) is 17.0 Å². The molecule has 0 aliphatic rings. The van der Waals surface area contributed by atoms with Crippen molar-refractivity contribution in [2.45, 2.75) is 13.8 Å². The van der Waals surface area contributed by atoms with E-state index in [1.807, 2.05) is 26.0 Å². The lowest BCUT2D eigenvalue weighted by Gasteiger charge is -2.08. The number of nitrogens with two attached hydrogens (primary N) is 1. The van der Waals surface area contributed by atoms with Crippen molar-refractivity contribution < 1.29 is 14.3 Å². The molecule has 3 aromatic rings. The Morgan fingerprint density at radius 1 is 1.16 bits per heavy atom. The Hall–Kier alpha value is -3.28. The van der Waals surface area contributed by atoms with E-state index in [0.717, 1.165) is 22.2 Å². The number of fused-ring (bicyclic) bond motifs is 1. The molecule has 2 aromatic carbocycles. The second-order valence-corrected chi connectivity index (χ2v) is 5.87. The second kappa shape index (κ2) is 6.68. The van der Waals surface area contributed by atoms with Gasteiger partial charge in [0.25, 0.3) is 11.8 Å². The molecule has 6 nitrogen and oxygen atoms in total. The van der Waals surface area contributed by atoms with Gasteiger partial charge in [-0.1, -0.05) is 6.07 Å². The number of rotatable bonds is 5. The van der Waals surface area contributed by atoms with Crippen molar-refractivity contribution in [1.82, 2.24) is 4.98 Å². The normalized spacial score (nSPS) is 10.6. The maximum Gasteiger partial charge on any atom is 0.255 e. The fourth-order valence-electron chi connectivity index (χ4n) is 2.62. The molecule has 25 heavy (non-hydrogen) atoms. The summed E-state index contributed by atoms with van der Waals surface area (Å²) in [5, 5.41) is 3.86. The smallest absolute Gasteiger partial charge is 0.255 e. The van der Waals surface area contributed by atoms with Crippen LogP contribution >= 0.6 is 0 Å². The highest BCUT2D eigenvalue weighted by Crippen LogP contribution is 2.23. The summed E-state index contributed by atoms with van der Waals surface area (Å²) < 4.78 is 5.24. The van der Waals surface area contributed by atoms with Gasteiger partial charge < -0.3 is 20.8 Å². The fourth-order valence-corrected chi connectivity index (χ4v) is 2.62. The monoisotopic (exact) mass is 337 g/mol. The molecule has 0 unspecified atom stereocenters. The number of aromatic amines is 1. The number of benzene rings is 2. The average Bonchev–Trinajstić information content (AvgIpc) is 2.87. The van der Waals surface area contributed by atoms with E-state index in [1.165, 1.54) is 0 Å². The van der Waals surface area contributed by atoms with E-state index in [2.05, 4.69) is 10.3 Å². The van der Waals surface area contributed by atoms with Crippen LogP contribution in [-0.2, 0) is 4.79 Å². The van der Waals surface area contributed by atoms with Crippen LogP contribution in [0.3, 0.4) is 0 Å². The van der Waals surface area contributed by atoms with Crippen molar-refractivity contribution in [2.24, 2.45) is 5.73 Å². The first-order valence-corrected chi connectivity index (χ1v) is 7.85. The Morgan fingerprint density at radius 2 is 1.96 bits per heavy atom.